The molecule has 0 aliphatic carbocycles. The Morgan fingerprint density at radius 1 is 1.40 bits per heavy atom. The molecule has 0 unspecified atom stereocenters. The third-order valence-corrected chi connectivity index (χ3v) is 1.96. The van der Waals surface area contributed by atoms with E-state index < -0.39 is 0 Å². The van der Waals surface area contributed by atoms with Gasteiger partial charge in [0.1, 0.15) is 5.82 Å². The van der Waals surface area contributed by atoms with Gasteiger partial charge in [-0.25, -0.2) is 4.98 Å². The van der Waals surface area contributed by atoms with Gasteiger partial charge in [-0.3, -0.25) is 0 Å². The second kappa shape index (κ2) is 5.66. The van der Waals surface area contributed by atoms with Gasteiger partial charge in [-0.1, -0.05) is 13.8 Å². The van der Waals surface area contributed by atoms with E-state index in [-0.39, 0.29) is 0 Å². The zero-order chi connectivity index (χ0) is 11.3. The van der Waals surface area contributed by atoms with Gasteiger partial charge in [0.15, 0.2) is 0 Å². The Balaban J connectivity index is 2.89. The van der Waals surface area contributed by atoms with Crippen LogP contribution < -0.4 is 10.1 Å². The fourth-order valence-electron chi connectivity index (χ4n) is 1.36. The van der Waals surface area contributed by atoms with Crippen LogP contribution in [0, 0.1) is 5.92 Å². The van der Waals surface area contributed by atoms with Crippen molar-refractivity contribution in [3.8, 4) is 5.88 Å². The third-order valence-electron chi connectivity index (χ3n) is 1.96. The van der Waals surface area contributed by atoms with E-state index in [4.69, 9.17) is 4.74 Å². The summed E-state index contributed by atoms with van der Waals surface area (Å²) < 4.78 is 5.14. The summed E-state index contributed by atoms with van der Waals surface area (Å²) in [6, 6.07) is 1.86. The largest absolute Gasteiger partial charge is 0.481 e. The topological polar surface area (TPSA) is 47.0 Å². The van der Waals surface area contributed by atoms with Crippen molar-refractivity contribution < 1.29 is 4.74 Å². The molecule has 0 saturated heterocycles. The smallest absolute Gasteiger partial charge is 0.216 e. The quantitative estimate of drug-likeness (QED) is 0.796. The number of ether oxygens (including phenoxy) is 1. The first-order chi connectivity index (χ1) is 7.15. The SMILES string of the molecule is CNCc1cc(OC)nc(CC(C)C)n1. The number of aromatic nitrogens is 2. The highest BCUT2D eigenvalue weighted by molar-refractivity contribution is 5.16. The molecule has 0 fully saturated rings. The van der Waals surface area contributed by atoms with Crippen LogP contribution in [0.4, 0.5) is 0 Å². The summed E-state index contributed by atoms with van der Waals surface area (Å²) in [5, 5.41) is 3.07. The minimum Gasteiger partial charge on any atom is -0.481 e. The molecule has 0 radical (unpaired) electrons. The van der Waals surface area contributed by atoms with Crippen molar-refractivity contribution in [1.82, 2.24) is 15.3 Å². The average Bonchev–Trinajstić information content (AvgIpc) is 2.16. The van der Waals surface area contributed by atoms with Crippen molar-refractivity contribution in [2.24, 2.45) is 5.92 Å². The maximum Gasteiger partial charge on any atom is 0.216 e. The molecule has 1 aromatic heterocycles. The highest BCUT2D eigenvalue weighted by Crippen LogP contribution is 2.11. The van der Waals surface area contributed by atoms with Crippen LogP contribution in [0.1, 0.15) is 25.4 Å². The molecule has 0 amide bonds. The van der Waals surface area contributed by atoms with Gasteiger partial charge in [0.25, 0.3) is 0 Å². The Morgan fingerprint density at radius 2 is 2.13 bits per heavy atom. The Kier molecular flexibility index (Phi) is 4.49. The molecule has 1 N–H and O–H groups in total. The second-order valence-corrected chi connectivity index (χ2v) is 3.95. The fourth-order valence-corrected chi connectivity index (χ4v) is 1.36. The molecule has 4 nitrogen and oxygen atoms in total. The van der Waals surface area contributed by atoms with Crippen LogP contribution >= 0.6 is 0 Å². The van der Waals surface area contributed by atoms with Gasteiger partial charge in [-0.2, -0.15) is 4.98 Å². The number of methoxy groups -OCH3 is 1. The normalized spacial score (nSPS) is 10.7. The van der Waals surface area contributed by atoms with E-state index in [1.807, 2.05) is 13.1 Å². The summed E-state index contributed by atoms with van der Waals surface area (Å²) >= 11 is 0. The van der Waals surface area contributed by atoms with Gasteiger partial charge in [0, 0.05) is 19.0 Å². The van der Waals surface area contributed by atoms with E-state index in [2.05, 4.69) is 29.1 Å². The van der Waals surface area contributed by atoms with E-state index >= 15 is 0 Å². The van der Waals surface area contributed by atoms with Crippen molar-refractivity contribution in [3.63, 3.8) is 0 Å². The molecular formula is C11H19N3O. The van der Waals surface area contributed by atoms with Gasteiger partial charge in [-0.15, -0.1) is 0 Å². The van der Waals surface area contributed by atoms with E-state index in [0.717, 1.165) is 24.5 Å². The Hall–Kier alpha value is -1.16. The minimum absolute atomic E-state index is 0.555. The first kappa shape index (κ1) is 11.9. The maximum atomic E-state index is 5.14. The molecule has 0 saturated carbocycles. The molecule has 84 valence electrons. The predicted molar refractivity (Wildman–Crippen MR) is 59.9 cm³/mol. The average molecular weight is 209 g/mol. The Labute approximate surface area is 91.1 Å². The third kappa shape index (κ3) is 3.83. The molecule has 4 heteroatoms. The van der Waals surface area contributed by atoms with E-state index in [0.29, 0.717) is 11.8 Å². The number of hydrogen-bond acceptors (Lipinski definition) is 4. The molecule has 0 spiro atoms. The molecule has 0 bridgehead atoms. The fraction of sp³-hybridized carbons (Fsp3) is 0.636. The van der Waals surface area contributed by atoms with Crippen LogP contribution in [0.2, 0.25) is 0 Å². The summed E-state index contributed by atoms with van der Waals surface area (Å²) in [6.07, 6.45) is 0.883. The van der Waals surface area contributed by atoms with Crippen molar-refractivity contribution >= 4 is 0 Å². The number of rotatable bonds is 5. The van der Waals surface area contributed by atoms with Crippen molar-refractivity contribution in [1.29, 1.82) is 0 Å². The lowest BCUT2D eigenvalue weighted by molar-refractivity contribution is 0.392. The van der Waals surface area contributed by atoms with Crippen molar-refractivity contribution in [3.05, 3.63) is 17.6 Å². The second-order valence-electron chi connectivity index (χ2n) is 3.95. The van der Waals surface area contributed by atoms with Crippen LogP contribution in [-0.4, -0.2) is 24.1 Å². The standard InChI is InChI=1S/C11H19N3O/c1-8(2)5-10-13-9(7-12-3)6-11(14-10)15-4/h6,8,12H,5,7H2,1-4H3. The Bertz CT molecular complexity index is 313. The van der Waals surface area contributed by atoms with E-state index in [9.17, 15) is 0 Å². The minimum atomic E-state index is 0.555. The molecule has 0 aromatic carbocycles. The molecule has 1 heterocycles. The molecule has 1 rings (SSSR count). The number of hydrogen-bond donors (Lipinski definition) is 1. The molecule has 0 atom stereocenters. The lowest BCUT2D eigenvalue weighted by Gasteiger charge is -2.08. The van der Waals surface area contributed by atoms with Crippen LogP contribution in [0.25, 0.3) is 0 Å². The van der Waals surface area contributed by atoms with Crippen LogP contribution in [-0.2, 0) is 13.0 Å². The summed E-state index contributed by atoms with van der Waals surface area (Å²) in [6.45, 7) is 5.05. The number of nitrogens with zero attached hydrogens (tertiary/aromatic N) is 2. The zero-order valence-corrected chi connectivity index (χ0v) is 9.87. The maximum absolute atomic E-state index is 5.14. The van der Waals surface area contributed by atoms with Gasteiger partial charge < -0.3 is 10.1 Å². The summed E-state index contributed by atoms with van der Waals surface area (Å²) in [7, 11) is 3.53. The van der Waals surface area contributed by atoms with Gasteiger partial charge >= 0.3 is 0 Å². The van der Waals surface area contributed by atoms with Gasteiger partial charge in [0.2, 0.25) is 5.88 Å². The van der Waals surface area contributed by atoms with Crippen LogP contribution in [0.3, 0.4) is 0 Å². The van der Waals surface area contributed by atoms with Crippen LogP contribution in [0.15, 0.2) is 6.07 Å². The monoisotopic (exact) mass is 209 g/mol. The van der Waals surface area contributed by atoms with Crippen molar-refractivity contribution in [2.45, 2.75) is 26.8 Å². The Morgan fingerprint density at radius 3 is 2.67 bits per heavy atom. The van der Waals surface area contributed by atoms with Gasteiger partial charge in [-0.05, 0) is 13.0 Å². The number of nitrogens with one attached hydrogen (secondary N) is 1. The summed E-state index contributed by atoms with van der Waals surface area (Å²) in [5.74, 6) is 2.06. The lowest BCUT2D eigenvalue weighted by Crippen LogP contribution is -2.11. The molecule has 0 aliphatic heterocycles. The molecule has 15 heavy (non-hydrogen) atoms. The predicted octanol–water partition coefficient (Wildman–Crippen LogP) is 1.40. The highest BCUT2D eigenvalue weighted by Gasteiger charge is 2.06. The first-order valence-corrected chi connectivity index (χ1v) is 5.21. The van der Waals surface area contributed by atoms with Crippen molar-refractivity contribution in [2.75, 3.05) is 14.2 Å². The first-order valence-electron chi connectivity index (χ1n) is 5.21. The lowest BCUT2D eigenvalue weighted by atomic mass is 10.1. The van der Waals surface area contributed by atoms with E-state index in [1.54, 1.807) is 7.11 Å². The molecule has 1 aromatic rings. The molecule has 0 aliphatic rings. The van der Waals surface area contributed by atoms with Crippen LogP contribution in [0.5, 0.6) is 5.88 Å². The van der Waals surface area contributed by atoms with E-state index in [1.165, 1.54) is 0 Å². The zero-order valence-electron chi connectivity index (χ0n) is 9.87. The summed E-state index contributed by atoms with van der Waals surface area (Å²) in [4.78, 5) is 8.77. The molecular weight excluding hydrogens is 190 g/mol. The highest BCUT2D eigenvalue weighted by atomic mass is 16.5. The van der Waals surface area contributed by atoms with Gasteiger partial charge in [0.05, 0.1) is 12.8 Å². The summed E-state index contributed by atoms with van der Waals surface area (Å²) in [5.41, 5.74) is 0.972.